The summed E-state index contributed by atoms with van der Waals surface area (Å²) in [6.45, 7) is 3.92. The molecule has 1 aromatic carbocycles. The lowest BCUT2D eigenvalue weighted by molar-refractivity contribution is 0.0707. The van der Waals surface area contributed by atoms with E-state index in [1.54, 1.807) is 39.9 Å². The lowest BCUT2D eigenvalue weighted by Gasteiger charge is -2.32. The van der Waals surface area contributed by atoms with E-state index < -0.39 is 10.0 Å². The van der Waals surface area contributed by atoms with Gasteiger partial charge in [0.05, 0.1) is 9.90 Å². The highest BCUT2D eigenvalue weighted by Gasteiger charge is 2.31. The molecular formula is C21H27N3O3S2. The quantitative estimate of drug-likeness (QED) is 0.737. The summed E-state index contributed by atoms with van der Waals surface area (Å²) in [7, 11) is -3.52. The van der Waals surface area contributed by atoms with Gasteiger partial charge in [0, 0.05) is 48.7 Å². The summed E-state index contributed by atoms with van der Waals surface area (Å²) in [6, 6.07) is 6.47. The molecule has 2 aliphatic heterocycles. The topological polar surface area (TPSA) is 70.6 Å². The van der Waals surface area contributed by atoms with Crippen molar-refractivity contribution < 1.29 is 13.2 Å². The Bertz CT molecular complexity index is 942. The van der Waals surface area contributed by atoms with Crippen LogP contribution in [-0.4, -0.2) is 54.2 Å². The Labute approximate surface area is 176 Å². The van der Waals surface area contributed by atoms with Crippen LogP contribution in [-0.2, 0) is 10.0 Å². The second-order valence-electron chi connectivity index (χ2n) is 7.95. The van der Waals surface area contributed by atoms with Crippen LogP contribution in [0.2, 0.25) is 0 Å². The number of nitrogens with zero attached hydrogens (tertiary/aromatic N) is 3. The average Bonchev–Trinajstić information content (AvgIpc) is 3.29. The molecule has 0 aliphatic carbocycles. The third-order valence-corrected chi connectivity index (χ3v) is 8.92. The Kier molecular flexibility index (Phi) is 6.03. The number of carbonyl (C=O) groups excluding carboxylic acids is 1. The van der Waals surface area contributed by atoms with Gasteiger partial charge in [-0.25, -0.2) is 13.4 Å². The van der Waals surface area contributed by atoms with Gasteiger partial charge in [0.1, 0.15) is 0 Å². The van der Waals surface area contributed by atoms with E-state index in [1.165, 1.54) is 0 Å². The first-order chi connectivity index (χ1) is 14.0. The predicted octanol–water partition coefficient (Wildman–Crippen LogP) is 3.73. The normalized spacial score (nSPS) is 23.8. The third kappa shape index (κ3) is 4.25. The average molecular weight is 434 g/mol. The molecule has 2 aliphatic rings. The van der Waals surface area contributed by atoms with Gasteiger partial charge in [-0.3, -0.25) is 4.79 Å². The van der Waals surface area contributed by atoms with Gasteiger partial charge in [0.25, 0.3) is 5.91 Å². The Morgan fingerprint density at radius 2 is 1.90 bits per heavy atom. The molecule has 156 valence electrons. The maximum absolute atomic E-state index is 13.0. The van der Waals surface area contributed by atoms with E-state index in [0.717, 1.165) is 43.7 Å². The Balaban J connectivity index is 1.48. The van der Waals surface area contributed by atoms with Crippen molar-refractivity contribution in [3.63, 3.8) is 0 Å². The summed E-state index contributed by atoms with van der Waals surface area (Å²) in [5, 5.41) is 3.05. The van der Waals surface area contributed by atoms with Gasteiger partial charge in [-0.05, 0) is 56.9 Å². The molecule has 2 saturated heterocycles. The lowest BCUT2D eigenvalue weighted by atomic mass is 9.98. The van der Waals surface area contributed by atoms with E-state index in [4.69, 9.17) is 0 Å². The largest absolute Gasteiger partial charge is 0.338 e. The van der Waals surface area contributed by atoms with Gasteiger partial charge in [0.2, 0.25) is 10.0 Å². The third-order valence-electron chi connectivity index (χ3n) is 5.96. The van der Waals surface area contributed by atoms with Crippen LogP contribution >= 0.6 is 11.3 Å². The number of amides is 1. The highest BCUT2D eigenvalue weighted by molar-refractivity contribution is 7.89. The SMILES string of the molecule is CC1CCCCN1S(=O)(=O)c1ccc(C(=O)N2CCCC(c3nccs3)C2)cc1. The van der Waals surface area contributed by atoms with Crippen molar-refractivity contribution in [3.8, 4) is 0 Å². The fourth-order valence-electron chi connectivity index (χ4n) is 4.32. The number of rotatable bonds is 4. The molecule has 1 amide bonds. The molecule has 2 atom stereocenters. The van der Waals surface area contributed by atoms with Gasteiger partial charge >= 0.3 is 0 Å². The monoisotopic (exact) mass is 433 g/mol. The maximum atomic E-state index is 13.0. The number of hydrogen-bond donors (Lipinski definition) is 0. The van der Waals surface area contributed by atoms with Crippen molar-refractivity contribution in [3.05, 3.63) is 46.4 Å². The second kappa shape index (κ2) is 8.53. The Hall–Kier alpha value is -1.77. The zero-order chi connectivity index (χ0) is 20.4. The van der Waals surface area contributed by atoms with Gasteiger partial charge in [-0.15, -0.1) is 11.3 Å². The van der Waals surface area contributed by atoms with Crippen molar-refractivity contribution in [2.24, 2.45) is 0 Å². The van der Waals surface area contributed by atoms with Crippen molar-refractivity contribution in [1.82, 2.24) is 14.2 Å². The first-order valence-corrected chi connectivity index (χ1v) is 12.6. The molecule has 0 saturated carbocycles. The van der Waals surface area contributed by atoms with Crippen LogP contribution in [0.25, 0.3) is 0 Å². The van der Waals surface area contributed by atoms with Crippen LogP contribution in [0.1, 0.15) is 60.3 Å². The highest BCUT2D eigenvalue weighted by atomic mass is 32.2. The Morgan fingerprint density at radius 3 is 2.59 bits per heavy atom. The lowest BCUT2D eigenvalue weighted by Crippen LogP contribution is -2.42. The molecule has 4 rings (SSSR count). The van der Waals surface area contributed by atoms with Crippen LogP contribution in [0, 0.1) is 0 Å². The molecule has 0 radical (unpaired) electrons. The predicted molar refractivity (Wildman–Crippen MR) is 114 cm³/mol. The number of hydrogen-bond acceptors (Lipinski definition) is 5. The van der Waals surface area contributed by atoms with E-state index in [2.05, 4.69) is 4.98 Å². The zero-order valence-corrected chi connectivity index (χ0v) is 18.3. The number of aromatic nitrogens is 1. The van der Waals surface area contributed by atoms with E-state index in [0.29, 0.717) is 18.7 Å². The van der Waals surface area contributed by atoms with Gasteiger partial charge in [-0.2, -0.15) is 4.31 Å². The number of sulfonamides is 1. The van der Waals surface area contributed by atoms with Crippen molar-refractivity contribution >= 4 is 27.3 Å². The first-order valence-electron chi connectivity index (χ1n) is 10.3. The number of benzene rings is 1. The molecule has 2 aromatic rings. The molecule has 2 fully saturated rings. The fraction of sp³-hybridized carbons (Fsp3) is 0.524. The number of thiazole rings is 1. The van der Waals surface area contributed by atoms with Crippen LogP contribution in [0.4, 0.5) is 0 Å². The summed E-state index contributed by atoms with van der Waals surface area (Å²) in [6.07, 6.45) is 6.67. The molecule has 0 N–H and O–H groups in total. The molecule has 0 bridgehead atoms. The van der Waals surface area contributed by atoms with Crippen molar-refractivity contribution in [2.45, 2.75) is 55.9 Å². The summed E-state index contributed by atoms with van der Waals surface area (Å²) < 4.78 is 27.6. The molecular weight excluding hydrogens is 406 g/mol. The van der Waals surface area contributed by atoms with Gasteiger partial charge < -0.3 is 4.90 Å². The van der Waals surface area contributed by atoms with Gasteiger partial charge in [-0.1, -0.05) is 6.42 Å². The van der Waals surface area contributed by atoms with E-state index in [1.807, 2.05) is 23.4 Å². The number of likely N-dealkylation sites (tertiary alicyclic amines) is 1. The minimum Gasteiger partial charge on any atom is -0.338 e. The second-order valence-corrected chi connectivity index (χ2v) is 10.8. The number of piperidine rings is 2. The molecule has 8 heteroatoms. The standard InChI is InChI=1S/C21H27N3O3S2/c1-16-5-2-3-13-24(16)29(26,27)19-9-7-17(8-10-19)21(25)23-12-4-6-18(15-23)20-22-11-14-28-20/h7-11,14,16,18H,2-6,12-13,15H2,1H3. The fourth-order valence-corrected chi connectivity index (χ4v) is 6.78. The maximum Gasteiger partial charge on any atom is 0.253 e. The molecule has 29 heavy (non-hydrogen) atoms. The first kappa shape index (κ1) is 20.5. The molecule has 1 aromatic heterocycles. The van der Waals surface area contributed by atoms with Crippen molar-refractivity contribution in [1.29, 1.82) is 0 Å². The molecule has 2 unspecified atom stereocenters. The van der Waals surface area contributed by atoms with Crippen LogP contribution in [0.5, 0.6) is 0 Å². The molecule has 6 nitrogen and oxygen atoms in total. The minimum atomic E-state index is -3.52. The smallest absolute Gasteiger partial charge is 0.253 e. The van der Waals surface area contributed by atoms with Crippen molar-refractivity contribution in [2.75, 3.05) is 19.6 Å². The van der Waals surface area contributed by atoms with Crippen LogP contribution in [0.15, 0.2) is 40.7 Å². The number of carbonyl (C=O) groups is 1. The summed E-state index contributed by atoms with van der Waals surface area (Å²) in [5.41, 5.74) is 0.537. The molecule has 3 heterocycles. The van der Waals surface area contributed by atoms with Crippen LogP contribution < -0.4 is 0 Å². The zero-order valence-electron chi connectivity index (χ0n) is 16.7. The summed E-state index contributed by atoms with van der Waals surface area (Å²) >= 11 is 1.64. The minimum absolute atomic E-state index is 0.0196. The summed E-state index contributed by atoms with van der Waals surface area (Å²) in [5.74, 6) is 0.245. The Morgan fingerprint density at radius 1 is 1.10 bits per heavy atom. The molecule has 0 spiro atoms. The highest BCUT2D eigenvalue weighted by Crippen LogP contribution is 2.29. The van der Waals surface area contributed by atoms with Gasteiger partial charge in [0.15, 0.2) is 0 Å². The van der Waals surface area contributed by atoms with Crippen LogP contribution in [0.3, 0.4) is 0 Å². The van der Waals surface area contributed by atoms with E-state index >= 15 is 0 Å². The summed E-state index contributed by atoms with van der Waals surface area (Å²) in [4.78, 5) is 19.5. The van der Waals surface area contributed by atoms with E-state index in [9.17, 15) is 13.2 Å². The van der Waals surface area contributed by atoms with E-state index in [-0.39, 0.29) is 22.8 Å².